The molecule has 2 rings (SSSR count). The molecule has 0 saturated heterocycles. The van der Waals surface area contributed by atoms with Crippen LogP contribution in [-0.2, 0) is 9.53 Å². The van der Waals surface area contributed by atoms with E-state index >= 15 is 0 Å². The second kappa shape index (κ2) is 7.99. The zero-order valence-electron chi connectivity index (χ0n) is 12.8. The van der Waals surface area contributed by atoms with Gasteiger partial charge in [-0.05, 0) is 37.1 Å². The molecule has 0 aromatic heterocycles. The molecule has 0 unspecified atom stereocenters. The van der Waals surface area contributed by atoms with Crippen molar-refractivity contribution in [1.29, 1.82) is 0 Å². The normalized spacial score (nSPS) is 10.5. The molecule has 0 aliphatic rings. The van der Waals surface area contributed by atoms with Crippen molar-refractivity contribution in [1.82, 2.24) is 0 Å². The smallest absolute Gasteiger partial charge is 0.306 e. The van der Waals surface area contributed by atoms with Crippen LogP contribution in [0.2, 0.25) is 0 Å². The van der Waals surface area contributed by atoms with E-state index in [1.807, 2.05) is 31.2 Å². The van der Waals surface area contributed by atoms with Gasteiger partial charge >= 0.3 is 5.97 Å². The molecule has 0 atom stereocenters. The SMILES string of the molecule is CCOC(=O)CCSc1cc(C)ccc1-c1ccccc1F. The predicted molar refractivity (Wildman–Crippen MR) is 88.5 cm³/mol. The molecule has 0 saturated carbocycles. The molecule has 0 bridgehead atoms. The number of thioether (sulfide) groups is 1. The fourth-order valence-corrected chi connectivity index (χ4v) is 3.22. The van der Waals surface area contributed by atoms with Gasteiger partial charge in [0.05, 0.1) is 13.0 Å². The summed E-state index contributed by atoms with van der Waals surface area (Å²) in [6.45, 7) is 4.19. The van der Waals surface area contributed by atoms with Gasteiger partial charge in [-0.25, -0.2) is 4.39 Å². The molecule has 0 spiro atoms. The van der Waals surface area contributed by atoms with Gasteiger partial charge in [-0.15, -0.1) is 11.8 Å². The van der Waals surface area contributed by atoms with E-state index in [1.54, 1.807) is 30.8 Å². The number of carbonyl (C=O) groups excluding carboxylic acids is 1. The van der Waals surface area contributed by atoms with Crippen LogP contribution in [0.5, 0.6) is 0 Å². The van der Waals surface area contributed by atoms with E-state index in [0.29, 0.717) is 24.3 Å². The number of esters is 1. The second-order valence-electron chi connectivity index (χ2n) is 4.88. The molecule has 0 heterocycles. The van der Waals surface area contributed by atoms with Gasteiger partial charge in [0.15, 0.2) is 0 Å². The summed E-state index contributed by atoms with van der Waals surface area (Å²) in [6.07, 6.45) is 0.350. The molecule has 4 heteroatoms. The Morgan fingerprint density at radius 2 is 1.95 bits per heavy atom. The second-order valence-corrected chi connectivity index (χ2v) is 6.02. The quantitative estimate of drug-likeness (QED) is 0.563. The largest absolute Gasteiger partial charge is 0.466 e. The number of hydrogen-bond acceptors (Lipinski definition) is 3. The highest BCUT2D eigenvalue weighted by molar-refractivity contribution is 7.99. The average Bonchev–Trinajstić information content (AvgIpc) is 2.49. The Morgan fingerprint density at radius 3 is 2.68 bits per heavy atom. The zero-order chi connectivity index (χ0) is 15.9. The van der Waals surface area contributed by atoms with Crippen molar-refractivity contribution >= 4 is 17.7 Å². The van der Waals surface area contributed by atoms with Gasteiger partial charge in [0.2, 0.25) is 0 Å². The lowest BCUT2D eigenvalue weighted by Crippen LogP contribution is -2.04. The van der Waals surface area contributed by atoms with Crippen LogP contribution >= 0.6 is 11.8 Å². The van der Waals surface area contributed by atoms with E-state index in [-0.39, 0.29) is 11.8 Å². The molecule has 0 radical (unpaired) electrons. The predicted octanol–water partition coefficient (Wildman–Crippen LogP) is 4.85. The topological polar surface area (TPSA) is 26.3 Å². The fraction of sp³-hybridized carbons (Fsp3) is 0.278. The maximum Gasteiger partial charge on any atom is 0.306 e. The van der Waals surface area contributed by atoms with E-state index in [1.165, 1.54) is 6.07 Å². The molecule has 0 aliphatic heterocycles. The lowest BCUT2D eigenvalue weighted by Gasteiger charge is -2.11. The van der Waals surface area contributed by atoms with Crippen LogP contribution in [0.4, 0.5) is 4.39 Å². The van der Waals surface area contributed by atoms with Crippen molar-refractivity contribution in [3.05, 3.63) is 53.8 Å². The molecule has 0 amide bonds. The van der Waals surface area contributed by atoms with Crippen molar-refractivity contribution in [3.8, 4) is 11.1 Å². The summed E-state index contributed by atoms with van der Waals surface area (Å²) in [5.74, 6) is 0.178. The molecule has 2 aromatic rings. The standard InChI is InChI=1S/C18H19FO2S/c1-3-21-18(20)10-11-22-17-12-13(2)8-9-15(17)14-6-4-5-7-16(14)19/h4-9,12H,3,10-11H2,1-2H3. The summed E-state index contributed by atoms with van der Waals surface area (Å²) in [7, 11) is 0. The molecule has 0 N–H and O–H groups in total. The average molecular weight is 318 g/mol. The maximum atomic E-state index is 14.0. The molecule has 2 nitrogen and oxygen atoms in total. The first kappa shape index (κ1) is 16.6. The monoisotopic (exact) mass is 318 g/mol. The number of carbonyl (C=O) groups is 1. The van der Waals surface area contributed by atoms with Crippen molar-refractivity contribution < 1.29 is 13.9 Å². The summed E-state index contributed by atoms with van der Waals surface area (Å²) in [5.41, 5.74) is 2.55. The highest BCUT2D eigenvalue weighted by Gasteiger charge is 2.11. The Labute approximate surface area is 134 Å². The number of benzene rings is 2. The fourth-order valence-electron chi connectivity index (χ4n) is 2.13. The first-order chi connectivity index (χ1) is 10.6. The van der Waals surface area contributed by atoms with Gasteiger partial charge in [-0.1, -0.05) is 30.3 Å². The van der Waals surface area contributed by atoms with Crippen molar-refractivity contribution in [2.45, 2.75) is 25.2 Å². The summed E-state index contributed by atoms with van der Waals surface area (Å²) in [6, 6.07) is 12.7. The van der Waals surface area contributed by atoms with Crippen molar-refractivity contribution in [2.24, 2.45) is 0 Å². The molecule has 22 heavy (non-hydrogen) atoms. The Balaban J connectivity index is 2.18. The zero-order valence-corrected chi connectivity index (χ0v) is 13.6. The third-order valence-electron chi connectivity index (χ3n) is 3.17. The third-order valence-corrected chi connectivity index (χ3v) is 4.23. The Morgan fingerprint density at radius 1 is 1.18 bits per heavy atom. The molecular formula is C18H19FO2S. The number of halogens is 1. The summed E-state index contributed by atoms with van der Waals surface area (Å²) in [4.78, 5) is 12.4. The van der Waals surface area contributed by atoms with Crippen molar-refractivity contribution in [2.75, 3.05) is 12.4 Å². The van der Waals surface area contributed by atoms with E-state index < -0.39 is 0 Å². The molecule has 2 aromatic carbocycles. The molecule has 0 fully saturated rings. The van der Waals surface area contributed by atoms with Crippen LogP contribution in [0.1, 0.15) is 18.9 Å². The molecule has 0 aliphatic carbocycles. The number of hydrogen-bond donors (Lipinski definition) is 0. The Kier molecular flexibility index (Phi) is 6.01. The number of ether oxygens (including phenoxy) is 1. The van der Waals surface area contributed by atoms with E-state index in [2.05, 4.69) is 0 Å². The summed E-state index contributed by atoms with van der Waals surface area (Å²) >= 11 is 1.55. The summed E-state index contributed by atoms with van der Waals surface area (Å²) in [5, 5.41) is 0. The van der Waals surface area contributed by atoms with Crippen LogP contribution in [0.3, 0.4) is 0 Å². The lowest BCUT2D eigenvalue weighted by molar-refractivity contribution is -0.142. The lowest BCUT2D eigenvalue weighted by atomic mass is 10.0. The Bertz CT molecular complexity index is 655. The third kappa shape index (κ3) is 4.34. The highest BCUT2D eigenvalue weighted by atomic mass is 32.2. The van der Waals surface area contributed by atoms with Gasteiger partial charge in [-0.3, -0.25) is 4.79 Å². The molecular weight excluding hydrogens is 299 g/mol. The van der Waals surface area contributed by atoms with Crippen LogP contribution in [-0.4, -0.2) is 18.3 Å². The minimum atomic E-state index is -0.237. The Hall–Kier alpha value is -1.81. The van der Waals surface area contributed by atoms with E-state index in [9.17, 15) is 9.18 Å². The first-order valence-corrected chi connectivity index (χ1v) is 8.24. The first-order valence-electron chi connectivity index (χ1n) is 7.25. The van der Waals surface area contributed by atoms with Crippen LogP contribution < -0.4 is 0 Å². The highest BCUT2D eigenvalue weighted by Crippen LogP contribution is 2.34. The minimum absolute atomic E-state index is 0.199. The van der Waals surface area contributed by atoms with Gasteiger partial charge in [0, 0.05) is 16.2 Å². The van der Waals surface area contributed by atoms with Crippen LogP contribution in [0.15, 0.2) is 47.4 Å². The molecule has 116 valence electrons. The maximum absolute atomic E-state index is 14.0. The van der Waals surface area contributed by atoms with Crippen LogP contribution in [0.25, 0.3) is 11.1 Å². The number of rotatable bonds is 6. The number of aryl methyl sites for hydroxylation is 1. The minimum Gasteiger partial charge on any atom is -0.466 e. The van der Waals surface area contributed by atoms with Gasteiger partial charge < -0.3 is 4.74 Å². The van der Waals surface area contributed by atoms with Gasteiger partial charge in [0.25, 0.3) is 0 Å². The van der Waals surface area contributed by atoms with Gasteiger partial charge in [-0.2, -0.15) is 0 Å². The van der Waals surface area contributed by atoms with Gasteiger partial charge in [0.1, 0.15) is 5.82 Å². The van der Waals surface area contributed by atoms with Crippen molar-refractivity contribution in [3.63, 3.8) is 0 Å². The summed E-state index contributed by atoms with van der Waals surface area (Å²) < 4.78 is 18.9. The van der Waals surface area contributed by atoms with E-state index in [0.717, 1.165) is 16.0 Å². The van der Waals surface area contributed by atoms with Crippen LogP contribution in [0, 0.1) is 12.7 Å². The van der Waals surface area contributed by atoms with E-state index in [4.69, 9.17) is 4.74 Å².